The number of nitrogens with one attached hydrogen (secondary N) is 2. The summed E-state index contributed by atoms with van der Waals surface area (Å²) in [6, 6.07) is 5.96. The van der Waals surface area contributed by atoms with Gasteiger partial charge in [-0.3, -0.25) is 4.79 Å². The van der Waals surface area contributed by atoms with E-state index in [1.165, 1.54) is 4.90 Å². The molecule has 0 atom stereocenters. The van der Waals surface area contributed by atoms with Crippen LogP contribution in [0.15, 0.2) is 23.0 Å². The zero-order valence-electron chi connectivity index (χ0n) is 10.8. The topological polar surface area (TPSA) is 37.3 Å². The highest BCUT2D eigenvalue weighted by Crippen LogP contribution is 2.12. The molecular weight excluding hydrogens is 212 g/mol. The van der Waals surface area contributed by atoms with Gasteiger partial charge in [-0.2, -0.15) is 0 Å². The molecule has 3 heteroatoms. The van der Waals surface area contributed by atoms with E-state index in [0.717, 1.165) is 34.3 Å². The molecule has 1 aromatic carbocycles. The molecule has 90 valence electrons. The summed E-state index contributed by atoms with van der Waals surface area (Å²) in [6.45, 7) is 4.74. The van der Waals surface area contributed by atoms with Crippen LogP contribution in [-0.2, 0) is 6.54 Å². The van der Waals surface area contributed by atoms with Crippen LogP contribution in [0.25, 0.3) is 10.9 Å². The molecule has 2 N–H and O–H groups in total. The van der Waals surface area contributed by atoms with Crippen molar-refractivity contribution in [3.05, 3.63) is 45.2 Å². The highest BCUT2D eigenvalue weighted by Gasteiger charge is 2.11. The van der Waals surface area contributed by atoms with Crippen LogP contribution in [0.2, 0.25) is 0 Å². The number of pyridine rings is 1. The molecule has 2 rings (SSSR count). The first-order chi connectivity index (χ1) is 7.99. The largest absolute Gasteiger partial charge is 0.358 e. The summed E-state index contributed by atoms with van der Waals surface area (Å²) in [5.41, 5.74) is 4.09. The molecule has 1 aromatic heterocycles. The minimum absolute atomic E-state index is 0.168. The molecule has 0 radical (unpaired) electrons. The number of aromatic amines is 1. The Kier molecular flexibility index (Phi) is 3.03. The molecule has 0 aliphatic rings. The van der Waals surface area contributed by atoms with E-state index in [1.807, 2.05) is 32.0 Å². The van der Waals surface area contributed by atoms with Crippen molar-refractivity contribution in [2.45, 2.75) is 20.4 Å². The first-order valence-corrected chi connectivity index (χ1v) is 5.90. The molecule has 0 aliphatic heterocycles. The van der Waals surface area contributed by atoms with Crippen molar-refractivity contribution >= 4 is 10.9 Å². The second-order valence-electron chi connectivity index (χ2n) is 4.99. The van der Waals surface area contributed by atoms with Gasteiger partial charge < -0.3 is 9.88 Å². The third kappa shape index (κ3) is 2.24. The van der Waals surface area contributed by atoms with E-state index >= 15 is 0 Å². The second-order valence-corrected chi connectivity index (χ2v) is 4.99. The molecular formula is C14H19N2O+. The molecule has 17 heavy (non-hydrogen) atoms. The predicted molar refractivity (Wildman–Crippen MR) is 70.6 cm³/mol. The molecule has 2 aromatic rings. The minimum atomic E-state index is 0.168. The first kappa shape index (κ1) is 11.9. The van der Waals surface area contributed by atoms with Crippen molar-refractivity contribution in [3.63, 3.8) is 0 Å². The SMILES string of the molecule is Cc1ccc2[nH]c(C)c(C[NH+](C)C)c(=O)c2c1. The van der Waals surface area contributed by atoms with E-state index in [9.17, 15) is 4.79 Å². The van der Waals surface area contributed by atoms with Gasteiger partial charge in [0.05, 0.1) is 19.7 Å². The van der Waals surface area contributed by atoms with E-state index < -0.39 is 0 Å². The van der Waals surface area contributed by atoms with E-state index in [-0.39, 0.29) is 5.43 Å². The third-order valence-corrected chi connectivity index (χ3v) is 3.00. The zero-order valence-corrected chi connectivity index (χ0v) is 10.8. The number of H-pyrrole nitrogens is 1. The Bertz CT molecular complexity index is 611. The van der Waals surface area contributed by atoms with Gasteiger partial charge in [0, 0.05) is 16.6 Å². The molecule has 1 heterocycles. The quantitative estimate of drug-likeness (QED) is 0.788. The van der Waals surface area contributed by atoms with Gasteiger partial charge in [0.25, 0.3) is 0 Å². The van der Waals surface area contributed by atoms with E-state index in [1.54, 1.807) is 0 Å². The number of fused-ring (bicyclic) bond motifs is 1. The molecule has 0 spiro atoms. The molecule has 0 aliphatic carbocycles. The summed E-state index contributed by atoms with van der Waals surface area (Å²) in [5.74, 6) is 0. The Morgan fingerprint density at radius 3 is 2.59 bits per heavy atom. The van der Waals surface area contributed by atoms with Crippen molar-refractivity contribution in [2.24, 2.45) is 0 Å². The average Bonchev–Trinajstić information content (AvgIpc) is 2.25. The van der Waals surface area contributed by atoms with Crippen molar-refractivity contribution in [3.8, 4) is 0 Å². The number of hydrogen-bond acceptors (Lipinski definition) is 1. The minimum Gasteiger partial charge on any atom is -0.358 e. The Labute approximate surface area is 101 Å². The van der Waals surface area contributed by atoms with Gasteiger partial charge in [-0.15, -0.1) is 0 Å². The Morgan fingerprint density at radius 2 is 1.94 bits per heavy atom. The Balaban J connectivity index is 2.73. The average molecular weight is 231 g/mol. The summed E-state index contributed by atoms with van der Waals surface area (Å²) in [7, 11) is 4.11. The maximum absolute atomic E-state index is 12.4. The van der Waals surface area contributed by atoms with Crippen LogP contribution in [0.1, 0.15) is 16.8 Å². The molecule has 0 unspecified atom stereocenters. The highest BCUT2D eigenvalue weighted by molar-refractivity contribution is 5.80. The van der Waals surface area contributed by atoms with Gasteiger partial charge in [0.1, 0.15) is 6.54 Å². The molecule has 0 saturated heterocycles. The first-order valence-electron chi connectivity index (χ1n) is 5.90. The lowest BCUT2D eigenvalue weighted by Crippen LogP contribution is -3.04. The number of quaternary nitrogens is 1. The fourth-order valence-electron chi connectivity index (χ4n) is 2.13. The normalized spacial score (nSPS) is 11.4. The van der Waals surface area contributed by atoms with Gasteiger partial charge in [-0.25, -0.2) is 0 Å². The van der Waals surface area contributed by atoms with E-state index in [0.29, 0.717) is 0 Å². The zero-order chi connectivity index (χ0) is 12.6. The summed E-state index contributed by atoms with van der Waals surface area (Å²) in [5, 5.41) is 0.798. The maximum Gasteiger partial charge on any atom is 0.198 e. The van der Waals surface area contributed by atoms with Gasteiger partial charge in [-0.1, -0.05) is 11.6 Å². The lowest BCUT2D eigenvalue weighted by molar-refractivity contribution is -0.872. The monoisotopic (exact) mass is 231 g/mol. The van der Waals surface area contributed by atoms with E-state index in [4.69, 9.17) is 0 Å². The Morgan fingerprint density at radius 1 is 1.24 bits per heavy atom. The van der Waals surface area contributed by atoms with Gasteiger partial charge in [-0.05, 0) is 26.0 Å². The van der Waals surface area contributed by atoms with Crippen LogP contribution in [0.4, 0.5) is 0 Å². The Hall–Kier alpha value is -1.61. The van der Waals surface area contributed by atoms with Crippen molar-refractivity contribution in [2.75, 3.05) is 14.1 Å². The molecule has 3 nitrogen and oxygen atoms in total. The summed E-state index contributed by atoms with van der Waals surface area (Å²) >= 11 is 0. The smallest absolute Gasteiger partial charge is 0.198 e. The summed E-state index contributed by atoms with van der Waals surface area (Å²) < 4.78 is 0. The lowest BCUT2D eigenvalue weighted by Gasteiger charge is -2.11. The van der Waals surface area contributed by atoms with Crippen LogP contribution in [0, 0.1) is 13.8 Å². The van der Waals surface area contributed by atoms with Crippen molar-refractivity contribution in [1.29, 1.82) is 0 Å². The van der Waals surface area contributed by atoms with Crippen LogP contribution < -0.4 is 10.3 Å². The number of rotatable bonds is 2. The fourth-order valence-corrected chi connectivity index (χ4v) is 2.13. The van der Waals surface area contributed by atoms with Gasteiger partial charge in [0.2, 0.25) is 0 Å². The second kappa shape index (κ2) is 4.34. The molecule has 0 saturated carbocycles. The molecule has 0 fully saturated rings. The van der Waals surface area contributed by atoms with Crippen molar-refractivity contribution < 1.29 is 4.90 Å². The summed E-state index contributed by atoms with van der Waals surface area (Å²) in [4.78, 5) is 17.0. The fraction of sp³-hybridized carbons (Fsp3) is 0.357. The standard InChI is InChI=1S/C14H18N2O/c1-9-5-6-13-11(7-9)14(17)12(8-16(3)4)10(2)15-13/h5-7H,8H2,1-4H3,(H,15,17)/p+1. The van der Waals surface area contributed by atoms with Gasteiger partial charge in [0.15, 0.2) is 5.43 Å². The van der Waals surface area contributed by atoms with E-state index in [2.05, 4.69) is 19.1 Å². The molecule has 0 bridgehead atoms. The maximum atomic E-state index is 12.4. The number of aromatic nitrogens is 1. The van der Waals surface area contributed by atoms with Crippen LogP contribution in [0.5, 0.6) is 0 Å². The van der Waals surface area contributed by atoms with Crippen molar-refractivity contribution in [1.82, 2.24) is 4.98 Å². The van der Waals surface area contributed by atoms with Gasteiger partial charge >= 0.3 is 0 Å². The summed E-state index contributed by atoms with van der Waals surface area (Å²) in [6.07, 6.45) is 0. The third-order valence-electron chi connectivity index (χ3n) is 3.00. The molecule has 0 amide bonds. The number of aryl methyl sites for hydroxylation is 2. The lowest BCUT2D eigenvalue weighted by atomic mass is 10.1. The number of benzene rings is 1. The van der Waals surface area contributed by atoms with Crippen LogP contribution >= 0.6 is 0 Å². The van der Waals surface area contributed by atoms with Crippen LogP contribution in [0.3, 0.4) is 0 Å². The predicted octanol–water partition coefficient (Wildman–Crippen LogP) is 0.789. The highest BCUT2D eigenvalue weighted by atomic mass is 16.1. The van der Waals surface area contributed by atoms with Crippen LogP contribution in [-0.4, -0.2) is 19.1 Å². The number of hydrogen-bond donors (Lipinski definition) is 2.